The topological polar surface area (TPSA) is 92.3 Å². The molecule has 0 saturated heterocycles. The number of aromatic hydroxyl groups is 1. The average molecular weight is 324 g/mol. The summed E-state index contributed by atoms with van der Waals surface area (Å²) in [5.41, 5.74) is 1.48. The van der Waals surface area contributed by atoms with Gasteiger partial charge >= 0.3 is 5.97 Å². The molecule has 0 aliphatic heterocycles. The largest absolute Gasteiger partial charge is 0.506 e. The number of fused-ring (bicyclic) bond motifs is 1. The van der Waals surface area contributed by atoms with Crippen molar-refractivity contribution in [1.29, 1.82) is 0 Å². The molecule has 3 rings (SSSR count). The summed E-state index contributed by atoms with van der Waals surface area (Å²) in [5.74, 6) is -1.20. The highest BCUT2D eigenvalue weighted by molar-refractivity contribution is 5.93. The van der Waals surface area contributed by atoms with Crippen molar-refractivity contribution in [1.82, 2.24) is 9.97 Å². The first-order valence-corrected chi connectivity index (χ1v) is 7.48. The Labute approximate surface area is 137 Å². The molecule has 0 bridgehead atoms. The summed E-state index contributed by atoms with van der Waals surface area (Å²) in [6.07, 6.45) is 2.14. The van der Waals surface area contributed by atoms with Gasteiger partial charge in [0.2, 0.25) is 0 Å². The lowest BCUT2D eigenvalue weighted by atomic mass is 9.99. The van der Waals surface area contributed by atoms with E-state index in [1.54, 1.807) is 6.20 Å². The van der Waals surface area contributed by atoms with Crippen LogP contribution in [0.15, 0.2) is 41.3 Å². The average Bonchev–Trinajstić information content (AvgIpc) is 2.60. The number of aromatic amines is 1. The standard InChI is InChI=1S/C18H16N2O4/c1-3-12-15(20-17(22)14(16(12)21)18(23)24-2)11-6-7-13-10(9-11)5-4-8-19-13/h4-9H,3H2,1-2H3,(H2,20,21,22). The molecule has 24 heavy (non-hydrogen) atoms. The Bertz CT molecular complexity index is 992. The van der Waals surface area contributed by atoms with Crippen LogP contribution in [-0.2, 0) is 11.2 Å². The Balaban J connectivity index is 2.26. The number of nitrogens with zero attached hydrogens (tertiary/aromatic N) is 1. The quantitative estimate of drug-likeness (QED) is 0.723. The second-order valence-electron chi connectivity index (χ2n) is 5.29. The van der Waals surface area contributed by atoms with Crippen molar-refractivity contribution in [3.05, 3.63) is 58.0 Å². The maximum Gasteiger partial charge on any atom is 0.347 e. The molecule has 6 nitrogen and oxygen atoms in total. The van der Waals surface area contributed by atoms with Crippen LogP contribution in [0.3, 0.4) is 0 Å². The summed E-state index contributed by atoms with van der Waals surface area (Å²) in [6.45, 7) is 1.83. The van der Waals surface area contributed by atoms with Crippen LogP contribution < -0.4 is 5.56 Å². The van der Waals surface area contributed by atoms with Crippen molar-refractivity contribution in [2.75, 3.05) is 7.11 Å². The van der Waals surface area contributed by atoms with Crippen LogP contribution in [0.5, 0.6) is 5.75 Å². The number of nitrogens with one attached hydrogen (secondary N) is 1. The first kappa shape index (κ1) is 15.7. The summed E-state index contributed by atoms with van der Waals surface area (Å²) < 4.78 is 4.57. The summed E-state index contributed by atoms with van der Waals surface area (Å²) in [7, 11) is 1.16. The number of rotatable bonds is 3. The molecule has 6 heteroatoms. The van der Waals surface area contributed by atoms with E-state index < -0.39 is 11.5 Å². The van der Waals surface area contributed by atoms with E-state index in [-0.39, 0.29) is 11.3 Å². The third-order valence-electron chi connectivity index (χ3n) is 3.92. The number of esters is 1. The van der Waals surface area contributed by atoms with E-state index in [0.717, 1.165) is 23.6 Å². The molecule has 0 spiro atoms. The zero-order valence-corrected chi connectivity index (χ0v) is 13.3. The van der Waals surface area contributed by atoms with Crippen molar-refractivity contribution in [3.8, 4) is 17.0 Å². The first-order valence-electron chi connectivity index (χ1n) is 7.48. The van der Waals surface area contributed by atoms with Crippen LogP contribution in [0.2, 0.25) is 0 Å². The van der Waals surface area contributed by atoms with Crippen LogP contribution in [0.25, 0.3) is 22.2 Å². The van der Waals surface area contributed by atoms with Crippen LogP contribution in [-0.4, -0.2) is 28.2 Å². The number of ether oxygens (including phenoxy) is 1. The summed E-state index contributed by atoms with van der Waals surface area (Å²) in [5, 5.41) is 11.3. The lowest BCUT2D eigenvalue weighted by Crippen LogP contribution is -2.21. The van der Waals surface area contributed by atoms with E-state index in [2.05, 4.69) is 14.7 Å². The van der Waals surface area contributed by atoms with Gasteiger partial charge in [0.1, 0.15) is 5.75 Å². The Hall–Kier alpha value is -3.15. The molecular formula is C18H16N2O4. The van der Waals surface area contributed by atoms with Gasteiger partial charge in [-0.1, -0.05) is 19.1 Å². The first-order chi connectivity index (χ1) is 11.6. The van der Waals surface area contributed by atoms with E-state index in [1.807, 2.05) is 37.3 Å². The Kier molecular flexibility index (Phi) is 4.04. The Morgan fingerprint density at radius 3 is 2.83 bits per heavy atom. The minimum atomic E-state index is -0.863. The molecule has 122 valence electrons. The molecule has 0 unspecified atom stereocenters. The van der Waals surface area contributed by atoms with Crippen molar-refractivity contribution in [2.24, 2.45) is 0 Å². The maximum absolute atomic E-state index is 12.2. The minimum Gasteiger partial charge on any atom is -0.506 e. The van der Waals surface area contributed by atoms with Crippen molar-refractivity contribution in [2.45, 2.75) is 13.3 Å². The molecule has 1 aromatic carbocycles. The molecular weight excluding hydrogens is 308 g/mol. The number of carbonyl (C=O) groups is 1. The van der Waals surface area contributed by atoms with E-state index in [1.165, 1.54) is 0 Å². The van der Waals surface area contributed by atoms with Gasteiger partial charge in [0.15, 0.2) is 5.56 Å². The molecule has 0 radical (unpaired) electrons. The number of hydrogen-bond acceptors (Lipinski definition) is 5. The highest BCUT2D eigenvalue weighted by Crippen LogP contribution is 2.31. The SMILES string of the molecule is CCc1c(-c2ccc3ncccc3c2)[nH]c(=O)c(C(=O)OC)c1O. The van der Waals surface area contributed by atoms with Gasteiger partial charge in [0.25, 0.3) is 5.56 Å². The highest BCUT2D eigenvalue weighted by atomic mass is 16.5. The predicted octanol–water partition coefficient (Wildman–Crippen LogP) is 2.64. The molecule has 0 aliphatic carbocycles. The molecule has 0 aliphatic rings. The van der Waals surface area contributed by atoms with Gasteiger partial charge in [0.05, 0.1) is 18.3 Å². The number of pyridine rings is 2. The number of aromatic nitrogens is 2. The zero-order valence-electron chi connectivity index (χ0n) is 13.3. The predicted molar refractivity (Wildman–Crippen MR) is 90.2 cm³/mol. The molecule has 0 fully saturated rings. The number of benzene rings is 1. The molecule has 0 amide bonds. The van der Waals surface area contributed by atoms with E-state index in [9.17, 15) is 14.7 Å². The molecule has 2 aromatic heterocycles. The molecule has 2 N–H and O–H groups in total. The minimum absolute atomic E-state index is 0.339. The fourth-order valence-electron chi connectivity index (χ4n) is 2.74. The van der Waals surface area contributed by atoms with Crippen LogP contribution in [0.4, 0.5) is 0 Å². The van der Waals surface area contributed by atoms with Gasteiger partial charge in [-0.05, 0) is 30.2 Å². The smallest absolute Gasteiger partial charge is 0.347 e. The lowest BCUT2D eigenvalue weighted by Gasteiger charge is -2.13. The van der Waals surface area contributed by atoms with Crippen molar-refractivity contribution >= 4 is 16.9 Å². The van der Waals surface area contributed by atoms with Gasteiger partial charge in [-0.15, -0.1) is 0 Å². The monoisotopic (exact) mass is 324 g/mol. The molecule has 2 heterocycles. The summed E-state index contributed by atoms with van der Waals surface area (Å²) in [6, 6.07) is 9.28. The molecule has 0 atom stereocenters. The normalized spacial score (nSPS) is 10.8. The van der Waals surface area contributed by atoms with Gasteiger partial charge < -0.3 is 14.8 Å². The second kappa shape index (κ2) is 6.16. The second-order valence-corrected chi connectivity index (χ2v) is 5.29. The fourth-order valence-corrected chi connectivity index (χ4v) is 2.74. The van der Waals surface area contributed by atoms with Gasteiger partial charge in [-0.2, -0.15) is 0 Å². The van der Waals surface area contributed by atoms with Gasteiger partial charge in [-0.3, -0.25) is 9.78 Å². The van der Waals surface area contributed by atoms with Gasteiger partial charge in [-0.25, -0.2) is 4.79 Å². The summed E-state index contributed by atoms with van der Waals surface area (Å²) >= 11 is 0. The van der Waals surface area contributed by atoms with Crippen LogP contribution in [0.1, 0.15) is 22.8 Å². The maximum atomic E-state index is 12.2. The van der Waals surface area contributed by atoms with E-state index >= 15 is 0 Å². The third-order valence-corrected chi connectivity index (χ3v) is 3.92. The number of H-pyrrole nitrogens is 1. The molecule has 3 aromatic rings. The Morgan fingerprint density at radius 2 is 2.12 bits per heavy atom. The van der Waals surface area contributed by atoms with Crippen LogP contribution in [0, 0.1) is 0 Å². The number of carbonyl (C=O) groups excluding carboxylic acids is 1. The number of hydrogen-bond donors (Lipinski definition) is 2. The molecule has 0 saturated carbocycles. The Morgan fingerprint density at radius 1 is 1.33 bits per heavy atom. The number of methoxy groups -OCH3 is 1. The lowest BCUT2D eigenvalue weighted by molar-refractivity contribution is 0.0595. The zero-order chi connectivity index (χ0) is 17.3. The third kappa shape index (κ3) is 2.52. The van der Waals surface area contributed by atoms with Gasteiger partial charge in [0, 0.05) is 17.1 Å². The highest BCUT2D eigenvalue weighted by Gasteiger charge is 2.22. The summed E-state index contributed by atoms with van der Waals surface area (Å²) in [4.78, 5) is 30.9. The fraction of sp³-hybridized carbons (Fsp3) is 0.167. The van der Waals surface area contributed by atoms with E-state index in [0.29, 0.717) is 17.7 Å². The van der Waals surface area contributed by atoms with E-state index in [4.69, 9.17) is 0 Å². The van der Waals surface area contributed by atoms with Crippen LogP contribution >= 0.6 is 0 Å². The van der Waals surface area contributed by atoms with Crippen molar-refractivity contribution < 1.29 is 14.6 Å². The van der Waals surface area contributed by atoms with Crippen molar-refractivity contribution in [3.63, 3.8) is 0 Å².